The Labute approximate surface area is 167 Å². The second kappa shape index (κ2) is 7.67. The van der Waals surface area contributed by atoms with E-state index in [1.54, 1.807) is 44.6 Å². The van der Waals surface area contributed by atoms with Gasteiger partial charge < -0.3 is 19.4 Å². The molecule has 1 N–H and O–H groups in total. The largest absolute Gasteiger partial charge is 0.493 e. The quantitative estimate of drug-likeness (QED) is 0.528. The molecule has 0 spiro atoms. The van der Waals surface area contributed by atoms with Gasteiger partial charge in [-0.3, -0.25) is 9.59 Å². The monoisotopic (exact) mass is 388 g/mol. The van der Waals surface area contributed by atoms with E-state index < -0.39 is 0 Å². The molecule has 0 saturated heterocycles. The highest BCUT2D eigenvalue weighted by atomic mass is 16.5. The van der Waals surface area contributed by atoms with E-state index in [1.807, 2.05) is 41.0 Å². The molecule has 6 heteroatoms. The average molecular weight is 388 g/mol. The van der Waals surface area contributed by atoms with Crippen LogP contribution in [0.15, 0.2) is 71.5 Å². The van der Waals surface area contributed by atoms with Gasteiger partial charge in [-0.1, -0.05) is 24.3 Å². The zero-order valence-electron chi connectivity index (χ0n) is 16.1. The highest BCUT2D eigenvalue weighted by molar-refractivity contribution is 5.97. The molecule has 146 valence electrons. The predicted octanol–water partition coefficient (Wildman–Crippen LogP) is 3.81. The molecule has 0 saturated carbocycles. The molecule has 0 radical (unpaired) electrons. The summed E-state index contributed by atoms with van der Waals surface area (Å²) in [7, 11) is 3.10. The zero-order chi connectivity index (χ0) is 20.4. The number of hydrogen-bond acceptors (Lipinski definition) is 4. The van der Waals surface area contributed by atoms with Crippen molar-refractivity contribution in [2.45, 2.75) is 6.54 Å². The van der Waals surface area contributed by atoms with Crippen molar-refractivity contribution in [3.8, 4) is 11.5 Å². The molecule has 6 nitrogen and oxygen atoms in total. The van der Waals surface area contributed by atoms with Crippen LogP contribution >= 0.6 is 0 Å². The highest BCUT2D eigenvalue weighted by Crippen LogP contribution is 2.29. The van der Waals surface area contributed by atoms with Crippen LogP contribution in [0.1, 0.15) is 0 Å². The third-order valence-electron chi connectivity index (χ3n) is 4.85. The molecule has 0 bridgehead atoms. The van der Waals surface area contributed by atoms with E-state index in [0.29, 0.717) is 28.0 Å². The van der Waals surface area contributed by atoms with Crippen LogP contribution < -0.4 is 20.2 Å². The first-order valence-electron chi connectivity index (χ1n) is 9.14. The lowest BCUT2D eigenvalue weighted by molar-refractivity contribution is -0.116. The Bertz CT molecular complexity index is 1220. The van der Waals surface area contributed by atoms with Crippen LogP contribution in [-0.2, 0) is 11.3 Å². The van der Waals surface area contributed by atoms with Gasteiger partial charge in [0, 0.05) is 22.5 Å². The summed E-state index contributed by atoms with van der Waals surface area (Å²) < 4.78 is 12.4. The minimum atomic E-state index is -0.212. The van der Waals surface area contributed by atoms with Gasteiger partial charge in [0.25, 0.3) is 0 Å². The third-order valence-corrected chi connectivity index (χ3v) is 4.85. The molecule has 4 rings (SSSR count). The van der Waals surface area contributed by atoms with Crippen molar-refractivity contribution in [2.24, 2.45) is 0 Å². The van der Waals surface area contributed by atoms with E-state index in [-0.39, 0.29) is 17.9 Å². The van der Waals surface area contributed by atoms with Crippen LogP contribution in [0.2, 0.25) is 0 Å². The number of anilines is 1. The molecule has 29 heavy (non-hydrogen) atoms. The number of para-hydroxylation sites is 2. The second-order valence-electron chi connectivity index (χ2n) is 6.57. The van der Waals surface area contributed by atoms with E-state index in [4.69, 9.17) is 9.47 Å². The summed E-state index contributed by atoms with van der Waals surface area (Å²) in [6.07, 6.45) is 0. The number of carbonyl (C=O) groups is 1. The first-order valence-corrected chi connectivity index (χ1v) is 9.14. The van der Waals surface area contributed by atoms with Gasteiger partial charge in [-0.05, 0) is 36.4 Å². The predicted molar refractivity (Wildman–Crippen MR) is 114 cm³/mol. The lowest BCUT2D eigenvalue weighted by Gasteiger charge is -2.15. The number of benzene rings is 3. The maximum Gasteiger partial charge on any atom is 0.244 e. The van der Waals surface area contributed by atoms with Crippen molar-refractivity contribution in [1.29, 1.82) is 0 Å². The Morgan fingerprint density at radius 3 is 2.03 bits per heavy atom. The number of ether oxygens (including phenoxy) is 2. The Balaban J connectivity index is 1.73. The average Bonchev–Trinajstić information content (AvgIpc) is 2.76. The van der Waals surface area contributed by atoms with Crippen LogP contribution in [0, 0.1) is 0 Å². The van der Waals surface area contributed by atoms with Gasteiger partial charge in [-0.2, -0.15) is 0 Å². The Morgan fingerprint density at radius 2 is 1.45 bits per heavy atom. The number of carbonyl (C=O) groups excluding carboxylic acids is 1. The summed E-state index contributed by atoms with van der Waals surface area (Å²) in [6, 6.07) is 19.8. The lowest BCUT2D eigenvalue weighted by atomic mass is 10.1. The number of methoxy groups -OCH3 is 2. The maximum atomic E-state index is 12.8. The number of amides is 1. The molecule has 1 heterocycles. The fourth-order valence-electron chi connectivity index (χ4n) is 3.51. The Hall–Kier alpha value is -3.80. The van der Waals surface area contributed by atoms with Crippen molar-refractivity contribution in [1.82, 2.24) is 4.57 Å². The van der Waals surface area contributed by atoms with E-state index in [0.717, 1.165) is 11.0 Å². The molecule has 0 aliphatic rings. The van der Waals surface area contributed by atoms with Gasteiger partial charge in [0.05, 0.1) is 25.3 Å². The normalized spacial score (nSPS) is 10.8. The zero-order valence-corrected chi connectivity index (χ0v) is 16.1. The Kier molecular flexibility index (Phi) is 4.91. The number of nitrogens with zero attached hydrogens (tertiary/aromatic N) is 1. The van der Waals surface area contributed by atoms with E-state index >= 15 is 0 Å². The van der Waals surface area contributed by atoms with Crippen molar-refractivity contribution >= 4 is 33.4 Å². The summed E-state index contributed by atoms with van der Waals surface area (Å²) in [4.78, 5) is 25.6. The minimum Gasteiger partial charge on any atom is -0.493 e. The number of nitrogens with one attached hydrogen (secondary N) is 1. The minimum absolute atomic E-state index is 0.0345. The molecule has 0 fully saturated rings. The second-order valence-corrected chi connectivity index (χ2v) is 6.57. The molecule has 0 aliphatic heterocycles. The van der Waals surface area contributed by atoms with Crippen LogP contribution in [0.25, 0.3) is 21.8 Å². The maximum absolute atomic E-state index is 12.8. The fraction of sp³-hybridized carbons (Fsp3) is 0.130. The van der Waals surface area contributed by atoms with E-state index in [1.165, 1.54) is 0 Å². The number of fused-ring (bicyclic) bond motifs is 2. The van der Waals surface area contributed by atoms with E-state index in [2.05, 4.69) is 5.32 Å². The topological polar surface area (TPSA) is 69.6 Å². The Morgan fingerprint density at radius 1 is 0.862 bits per heavy atom. The molecular formula is C23H20N2O4. The number of aromatic nitrogens is 1. The van der Waals surface area contributed by atoms with Gasteiger partial charge in [-0.15, -0.1) is 0 Å². The summed E-state index contributed by atoms with van der Waals surface area (Å²) in [5.74, 6) is 0.906. The molecule has 0 unspecified atom stereocenters. The molecule has 0 atom stereocenters. The smallest absolute Gasteiger partial charge is 0.244 e. The van der Waals surface area contributed by atoms with Crippen LogP contribution in [0.5, 0.6) is 11.5 Å². The van der Waals surface area contributed by atoms with Crippen LogP contribution in [-0.4, -0.2) is 24.7 Å². The number of rotatable bonds is 5. The van der Waals surface area contributed by atoms with Gasteiger partial charge in [-0.25, -0.2) is 0 Å². The molecule has 1 aromatic heterocycles. The highest BCUT2D eigenvalue weighted by Gasteiger charge is 2.13. The van der Waals surface area contributed by atoms with Gasteiger partial charge in [0.15, 0.2) is 16.9 Å². The molecule has 3 aromatic carbocycles. The first-order chi connectivity index (χ1) is 14.1. The number of hydrogen-bond donors (Lipinski definition) is 1. The van der Waals surface area contributed by atoms with Crippen molar-refractivity contribution < 1.29 is 14.3 Å². The molecule has 1 amide bonds. The summed E-state index contributed by atoms with van der Waals surface area (Å²) in [5, 5.41) is 4.06. The van der Waals surface area contributed by atoms with Gasteiger partial charge in [0.2, 0.25) is 5.91 Å². The summed E-state index contributed by atoms with van der Waals surface area (Å²) in [5.41, 5.74) is 2.01. The fourth-order valence-corrected chi connectivity index (χ4v) is 3.51. The standard InChI is InChI=1S/C23H20N2O4/c1-28-20-12-11-15(13-21(20)29-2)24-22(26)14-25-18-9-5-3-7-16(18)23(27)17-8-4-6-10-19(17)25/h3-13H,14H2,1-2H3,(H,24,26). The summed E-state index contributed by atoms with van der Waals surface area (Å²) in [6.45, 7) is 0.0651. The third kappa shape index (κ3) is 3.40. The van der Waals surface area contributed by atoms with E-state index in [9.17, 15) is 9.59 Å². The van der Waals surface area contributed by atoms with Crippen molar-refractivity contribution in [3.05, 3.63) is 77.0 Å². The van der Waals surface area contributed by atoms with Crippen LogP contribution in [0.4, 0.5) is 5.69 Å². The SMILES string of the molecule is COc1ccc(NC(=O)Cn2c3ccccc3c(=O)c3ccccc32)cc1OC. The van der Waals surface area contributed by atoms with Crippen molar-refractivity contribution in [3.63, 3.8) is 0 Å². The summed E-state index contributed by atoms with van der Waals surface area (Å²) >= 11 is 0. The molecule has 0 aliphatic carbocycles. The first kappa shape index (κ1) is 18.6. The number of pyridine rings is 1. The molecule has 4 aromatic rings. The van der Waals surface area contributed by atoms with Gasteiger partial charge >= 0.3 is 0 Å². The van der Waals surface area contributed by atoms with Crippen molar-refractivity contribution in [2.75, 3.05) is 19.5 Å². The van der Waals surface area contributed by atoms with Gasteiger partial charge in [0.1, 0.15) is 6.54 Å². The lowest BCUT2D eigenvalue weighted by Crippen LogP contribution is -2.21. The van der Waals surface area contributed by atoms with Crippen LogP contribution in [0.3, 0.4) is 0 Å². The molecular weight excluding hydrogens is 368 g/mol.